The highest BCUT2D eigenvalue weighted by atomic mass is 32.2. The van der Waals surface area contributed by atoms with Crippen molar-refractivity contribution in [2.24, 2.45) is 11.1 Å². The smallest absolute Gasteiger partial charge is 0.241 e. The van der Waals surface area contributed by atoms with Crippen LogP contribution in [0.2, 0.25) is 0 Å². The number of nitrogens with two attached hydrogens (primary N) is 1. The Morgan fingerprint density at radius 1 is 1.35 bits per heavy atom. The standard InChI is InChI=1S/C14H22N2O2S2/c1-9-8-11(13(15)19)6-7-12(9)20(17,18)16-10(2)14(3,4)5/h6-8,10,16H,1-5H3,(H2,15,19). The molecule has 0 fully saturated rings. The molecular weight excluding hydrogens is 292 g/mol. The summed E-state index contributed by atoms with van der Waals surface area (Å²) in [6.45, 7) is 9.56. The Hall–Kier alpha value is -0.980. The lowest BCUT2D eigenvalue weighted by Gasteiger charge is -2.28. The van der Waals surface area contributed by atoms with E-state index >= 15 is 0 Å². The van der Waals surface area contributed by atoms with Crippen LogP contribution >= 0.6 is 12.2 Å². The van der Waals surface area contributed by atoms with E-state index in [1.165, 1.54) is 0 Å². The molecule has 0 aromatic heterocycles. The molecule has 0 amide bonds. The van der Waals surface area contributed by atoms with Crippen LogP contribution in [0.4, 0.5) is 0 Å². The van der Waals surface area contributed by atoms with Gasteiger partial charge in [-0.15, -0.1) is 0 Å². The number of nitrogens with one attached hydrogen (secondary N) is 1. The molecule has 0 heterocycles. The first kappa shape index (κ1) is 17.1. The lowest BCUT2D eigenvalue weighted by molar-refractivity contribution is 0.317. The van der Waals surface area contributed by atoms with E-state index in [0.717, 1.165) is 0 Å². The van der Waals surface area contributed by atoms with Gasteiger partial charge in [0.05, 0.1) is 4.90 Å². The quantitative estimate of drug-likeness (QED) is 0.837. The molecule has 1 unspecified atom stereocenters. The molecule has 1 aromatic rings. The van der Waals surface area contributed by atoms with E-state index in [1.54, 1.807) is 25.1 Å². The predicted octanol–water partition coefficient (Wildman–Crippen LogP) is 2.34. The lowest BCUT2D eigenvalue weighted by Crippen LogP contribution is -2.41. The summed E-state index contributed by atoms with van der Waals surface area (Å²) in [5.41, 5.74) is 6.69. The number of hydrogen-bond donors (Lipinski definition) is 2. The molecule has 1 aromatic carbocycles. The molecule has 1 rings (SSSR count). The molecule has 1 atom stereocenters. The second kappa shape index (κ2) is 5.79. The van der Waals surface area contributed by atoms with Crippen molar-refractivity contribution < 1.29 is 8.42 Å². The summed E-state index contributed by atoms with van der Waals surface area (Å²) in [7, 11) is -3.55. The molecule has 112 valence electrons. The van der Waals surface area contributed by atoms with Crippen molar-refractivity contribution in [3.05, 3.63) is 29.3 Å². The van der Waals surface area contributed by atoms with E-state index < -0.39 is 10.0 Å². The first-order chi connectivity index (χ1) is 8.95. The molecule has 0 spiro atoms. The maximum absolute atomic E-state index is 12.4. The summed E-state index contributed by atoms with van der Waals surface area (Å²) in [6.07, 6.45) is 0. The van der Waals surface area contributed by atoms with Crippen molar-refractivity contribution in [3.8, 4) is 0 Å². The minimum Gasteiger partial charge on any atom is -0.389 e. The highest BCUT2D eigenvalue weighted by molar-refractivity contribution is 7.89. The van der Waals surface area contributed by atoms with Gasteiger partial charge in [0.1, 0.15) is 4.99 Å². The van der Waals surface area contributed by atoms with Gasteiger partial charge in [-0.05, 0) is 37.0 Å². The molecule has 0 aliphatic heterocycles. The van der Waals surface area contributed by atoms with Crippen molar-refractivity contribution in [2.75, 3.05) is 0 Å². The van der Waals surface area contributed by atoms with E-state index in [9.17, 15) is 8.42 Å². The molecule has 0 radical (unpaired) electrons. The Bertz CT molecular complexity index is 617. The van der Waals surface area contributed by atoms with Crippen molar-refractivity contribution in [1.29, 1.82) is 0 Å². The molecule has 6 heteroatoms. The lowest BCUT2D eigenvalue weighted by atomic mass is 9.89. The Kier molecular flexibility index (Phi) is 4.94. The third-order valence-corrected chi connectivity index (χ3v) is 5.32. The fourth-order valence-corrected chi connectivity index (χ4v) is 3.38. The van der Waals surface area contributed by atoms with E-state index in [0.29, 0.717) is 11.1 Å². The molecule has 4 nitrogen and oxygen atoms in total. The van der Waals surface area contributed by atoms with Crippen molar-refractivity contribution in [1.82, 2.24) is 4.72 Å². The van der Waals surface area contributed by atoms with Gasteiger partial charge in [-0.25, -0.2) is 13.1 Å². The van der Waals surface area contributed by atoms with E-state index in [-0.39, 0.29) is 21.3 Å². The van der Waals surface area contributed by atoms with E-state index in [2.05, 4.69) is 4.72 Å². The van der Waals surface area contributed by atoms with Gasteiger partial charge < -0.3 is 5.73 Å². The Balaban J connectivity index is 3.14. The van der Waals surface area contributed by atoms with Crippen molar-refractivity contribution in [2.45, 2.75) is 45.6 Å². The van der Waals surface area contributed by atoms with Crippen molar-refractivity contribution >= 4 is 27.2 Å². The maximum atomic E-state index is 12.4. The fourth-order valence-electron chi connectivity index (χ4n) is 1.58. The van der Waals surface area contributed by atoms with Gasteiger partial charge in [0.25, 0.3) is 0 Å². The number of aryl methyl sites for hydroxylation is 1. The van der Waals surface area contributed by atoms with Gasteiger partial charge in [-0.2, -0.15) is 0 Å². The van der Waals surface area contributed by atoms with E-state index in [1.807, 2.05) is 27.7 Å². The molecule has 0 bridgehead atoms. The second-order valence-electron chi connectivity index (χ2n) is 6.05. The van der Waals surface area contributed by atoms with Crippen LogP contribution in [-0.4, -0.2) is 19.4 Å². The summed E-state index contributed by atoms with van der Waals surface area (Å²) in [6, 6.07) is 4.69. The summed E-state index contributed by atoms with van der Waals surface area (Å²) in [4.78, 5) is 0.515. The van der Waals surface area contributed by atoms with Crippen LogP contribution in [-0.2, 0) is 10.0 Å². The predicted molar refractivity (Wildman–Crippen MR) is 86.3 cm³/mol. The Morgan fingerprint density at radius 2 is 1.90 bits per heavy atom. The molecular formula is C14H22N2O2S2. The zero-order chi connectivity index (χ0) is 15.7. The first-order valence-electron chi connectivity index (χ1n) is 6.38. The molecule has 0 saturated carbocycles. The Labute approximate surface area is 126 Å². The third-order valence-electron chi connectivity index (χ3n) is 3.38. The highest BCUT2D eigenvalue weighted by Gasteiger charge is 2.26. The number of benzene rings is 1. The first-order valence-corrected chi connectivity index (χ1v) is 8.27. The maximum Gasteiger partial charge on any atom is 0.241 e. The normalized spacial score (nSPS) is 14.1. The van der Waals surface area contributed by atoms with Crippen molar-refractivity contribution in [3.63, 3.8) is 0 Å². The van der Waals surface area contributed by atoms with Crippen LogP contribution in [0.3, 0.4) is 0 Å². The number of rotatable bonds is 4. The molecule has 3 N–H and O–H groups in total. The third kappa shape index (κ3) is 4.01. The zero-order valence-electron chi connectivity index (χ0n) is 12.5. The molecule has 20 heavy (non-hydrogen) atoms. The number of hydrogen-bond acceptors (Lipinski definition) is 3. The minimum atomic E-state index is -3.55. The highest BCUT2D eigenvalue weighted by Crippen LogP contribution is 2.22. The average molecular weight is 314 g/mol. The molecule has 0 saturated heterocycles. The topological polar surface area (TPSA) is 72.2 Å². The fraction of sp³-hybridized carbons (Fsp3) is 0.500. The summed E-state index contributed by atoms with van der Waals surface area (Å²) >= 11 is 4.89. The van der Waals surface area contributed by atoms with Crippen LogP contribution in [0.15, 0.2) is 23.1 Å². The molecule has 0 aliphatic rings. The van der Waals surface area contributed by atoms with Crippen LogP contribution in [0.1, 0.15) is 38.8 Å². The number of thiocarbonyl (C=S) groups is 1. The van der Waals surface area contributed by atoms with Gasteiger partial charge in [0.15, 0.2) is 0 Å². The SMILES string of the molecule is Cc1cc(C(N)=S)ccc1S(=O)(=O)NC(C)C(C)(C)C. The van der Waals surface area contributed by atoms with Crippen LogP contribution < -0.4 is 10.5 Å². The number of sulfonamides is 1. The molecule has 0 aliphatic carbocycles. The minimum absolute atomic E-state index is 0.153. The van der Waals surface area contributed by atoms with Crippen LogP contribution in [0.25, 0.3) is 0 Å². The van der Waals surface area contributed by atoms with Crippen LogP contribution in [0.5, 0.6) is 0 Å². The summed E-state index contributed by atoms with van der Waals surface area (Å²) < 4.78 is 27.5. The van der Waals surface area contributed by atoms with Gasteiger partial charge in [-0.3, -0.25) is 0 Å². The largest absolute Gasteiger partial charge is 0.389 e. The van der Waals surface area contributed by atoms with Crippen LogP contribution in [0, 0.1) is 12.3 Å². The monoisotopic (exact) mass is 314 g/mol. The zero-order valence-corrected chi connectivity index (χ0v) is 14.2. The summed E-state index contributed by atoms with van der Waals surface area (Å²) in [5, 5.41) is 0. The van der Waals surface area contributed by atoms with E-state index in [4.69, 9.17) is 18.0 Å². The van der Waals surface area contributed by atoms with Gasteiger partial charge in [-0.1, -0.05) is 39.1 Å². The van der Waals surface area contributed by atoms with Gasteiger partial charge in [0, 0.05) is 11.6 Å². The van der Waals surface area contributed by atoms with Gasteiger partial charge >= 0.3 is 0 Å². The van der Waals surface area contributed by atoms with Gasteiger partial charge in [0.2, 0.25) is 10.0 Å². The summed E-state index contributed by atoms with van der Waals surface area (Å²) in [5.74, 6) is 0. The second-order valence-corrected chi connectivity index (χ2v) is 8.18. The Morgan fingerprint density at radius 3 is 2.30 bits per heavy atom. The average Bonchev–Trinajstić information content (AvgIpc) is 2.26.